The van der Waals surface area contributed by atoms with E-state index in [9.17, 15) is 0 Å². The second-order valence-corrected chi connectivity index (χ2v) is 3.32. The van der Waals surface area contributed by atoms with Gasteiger partial charge in [-0.25, -0.2) is 0 Å². The van der Waals surface area contributed by atoms with Gasteiger partial charge in [0, 0.05) is 6.54 Å². The zero-order valence-electron chi connectivity index (χ0n) is 9.33. The van der Waals surface area contributed by atoms with Crippen LogP contribution in [0.15, 0.2) is 41.0 Å². The van der Waals surface area contributed by atoms with E-state index < -0.39 is 0 Å². The van der Waals surface area contributed by atoms with Crippen molar-refractivity contribution in [2.24, 2.45) is 5.73 Å². The molecule has 0 unspecified atom stereocenters. The largest absolute Gasteiger partial charge is 0.490 e. The van der Waals surface area contributed by atoms with Crippen LogP contribution in [0.25, 0.3) is 0 Å². The van der Waals surface area contributed by atoms with E-state index in [1.165, 1.54) is 6.26 Å². The summed E-state index contributed by atoms with van der Waals surface area (Å²) >= 11 is 0. The lowest BCUT2D eigenvalue weighted by atomic mass is 10.3. The average molecular weight is 234 g/mol. The molecule has 0 saturated heterocycles. The predicted molar refractivity (Wildman–Crippen MR) is 61.8 cm³/mol. The fourth-order valence-corrected chi connectivity index (χ4v) is 1.25. The molecule has 2 rings (SSSR count). The van der Waals surface area contributed by atoms with Crippen molar-refractivity contribution in [3.63, 3.8) is 0 Å². The number of nitrogens with two attached hydrogens (primary N) is 1. The minimum atomic E-state index is 0.224. The van der Waals surface area contributed by atoms with E-state index >= 15 is 0 Å². The predicted octanol–water partition coefficient (Wildman–Crippen LogP) is 1.59. The molecule has 0 bridgehead atoms. The first-order valence-corrected chi connectivity index (χ1v) is 5.33. The molecule has 5 heteroatoms. The van der Waals surface area contributed by atoms with Gasteiger partial charge in [-0.1, -0.05) is 18.2 Å². The highest BCUT2D eigenvalue weighted by molar-refractivity contribution is 5.20. The molecule has 0 aliphatic rings. The van der Waals surface area contributed by atoms with Crippen molar-refractivity contribution in [1.82, 2.24) is 4.98 Å². The molecule has 0 aliphatic heterocycles. The average Bonchev–Trinajstić information content (AvgIpc) is 2.84. The SMILES string of the molecule is NCc1coc(OCCOc2ccccc2)n1. The van der Waals surface area contributed by atoms with Gasteiger partial charge in [-0.2, -0.15) is 4.98 Å². The second kappa shape index (κ2) is 5.91. The molecule has 1 aromatic heterocycles. The molecule has 2 aromatic rings. The van der Waals surface area contributed by atoms with Crippen LogP contribution < -0.4 is 15.2 Å². The highest BCUT2D eigenvalue weighted by atomic mass is 16.6. The maximum absolute atomic E-state index is 5.44. The smallest absolute Gasteiger partial charge is 0.393 e. The van der Waals surface area contributed by atoms with E-state index in [2.05, 4.69) is 4.98 Å². The maximum atomic E-state index is 5.44. The first kappa shape index (κ1) is 11.5. The van der Waals surface area contributed by atoms with Crippen LogP contribution in [-0.4, -0.2) is 18.2 Å². The van der Waals surface area contributed by atoms with Gasteiger partial charge in [0.1, 0.15) is 25.2 Å². The number of hydrogen-bond acceptors (Lipinski definition) is 5. The summed E-state index contributed by atoms with van der Waals surface area (Å²) in [4.78, 5) is 4.00. The molecule has 1 heterocycles. The van der Waals surface area contributed by atoms with Gasteiger partial charge in [0.15, 0.2) is 0 Å². The number of aromatic nitrogens is 1. The van der Waals surface area contributed by atoms with Crippen LogP contribution in [0, 0.1) is 0 Å². The number of rotatable bonds is 6. The Morgan fingerprint density at radius 1 is 1.12 bits per heavy atom. The summed E-state index contributed by atoms with van der Waals surface area (Å²) in [6.45, 7) is 1.15. The fraction of sp³-hybridized carbons (Fsp3) is 0.250. The Kier molecular flexibility index (Phi) is 3.99. The molecule has 0 atom stereocenters. The van der Waals surface area contributed by atoms with Crippen molar-refractivity contribution >= 4 is 0 Å². The quantitative estimate of drug-likeness (QED) is 0.768. The first-order valence-electron chi connectivity index (χ1n) is 5.33. The molecular weight excluding hydrogens is 220 g/mol. The monoisotopic (exact) mass is 234 g/mol. The van der Waals surface area contributed by atoms with Crippen LogP contribution in [-0.2, 0) is 6.54 Å². The Hall–Kier alpha value is -2.01. The minimum Gasteiger partial charge on any atom is -0.490 e. The van der Waals surface area contributed by atoms with Crippen LogP contribution >= 0.6 is 0 Å². The Labute approximate surface area is 99.2 Å². The number of nitrogens with zero attached hydrogens (tertiary/aromatic N) is 1. The lowest BCUT2D eigenvalue weighted by Gasteiger charge is -2.05. The van der Waals surface area contributed by atoms with Gasteiger partial charge in [-0.15, -0.1) is 0 Å². The molecule has 17 heavy (non-hydrogen) atoms. The van der Waals surface area contributed by atoms with Crippen molar-refractivity contribution < 1.29 is 13.9 Å². The third-order valence-corrected chi connectivity index (χ3v) is 2.06. The standard InChI is InChI=1S/C12H14N2O3/c13-8-10-9-17-12(14-10)16-7-6-15-11-4-2-1-3-5-11/h1-5,9H,6-8,13H2. The molecule has 0 radical (unpaired) electrons. The summed E-state index contributed by atoms with van der Waals surface area (Å²) in [5, 5.41) is 0. The number of para-hydroxylation sites is 1. The molecule has 0 fully saturated rings. The van der Waals surface area contributed by atoms with E-state index in [0.29, 0.717) is 25.5 Å². The highest BCUT2D eigenvalue weighted by Crippen LogP contribution is 2.10. The lowest BCUT2D eigenvalue weighted by Crippen LogP contribution is -2.09. The van der Waals surface area contributed by atoms with Gasteiger partial charge in [-0.05, 0) is 12.1 Å². The zero-order valence-corrected chi connectivity index (χ0v) is 9.33. The van der Waals surface area contributed by atoms with Crippen molar-refractivity contribution in [1.29, 1.82) is 0 Å². The molecule has 0 spiro atoms. The topological polar surface area (TPSA) is 70.5 Å². The molecule has 2 N–H and O–H groups in total. The van der Waals surface area contributed by atoms with Gasteiger partial charge in [0.05, 0.1) is 5.69 Å². The molecule has 0 aliphatic carbocycles. The van der Waals surface area contributed by atoms with Crippen molar-refractivity contribution in [3.8, 4) is 11.8 Å². The molecule has 5 nitrogen and oxygen atoms in total. The van der Waals surface area contributed by atoms with Gasteiger partial charge >= 0.3 is 6.08 Å². The Bertz CT molecular complexity index is 442. The van der Waals surface area contributed by atoms with Crippen LogP contribution in [0.5, 0.6) is 11.8 Å². The van der Waals surface area contributed by atoms with Crippen molar-refractivity contribution in [3.05, 3.63) is 42.3 Å². The van der Waals surface area contributed by atoms with Crippen LogP contribution in [0.4, 0.5) is 0 Å². The molecule has 0 saturated carbocycles. The lowest BCUT2D eigenvalue weighted by molar-refractivity contribution is 0.176. The van der Waals surface area contributed by atoms with Crippen LogP contribution in [0.3, 0.4) is 0 Å². The molecule has 1 aromatic carbocycles. The molecule has 0 amide bonds. The fourth-order valence-electron chi connectivity index (χ4n) is 1.25. The van der Waals surface area contributed by atoms with E-state index in [0.717, 1.165) is 5.75 Å². The molecule has 90 valence electrons. The van der Waals surface area contributed by atoms with Crippen LogP contribution in [0.1, 0.15) is 5.69 Å². The number of hydrogen-bond donors (Lipinski definition) is 1. The van der Waals surface area contributed by atoms with Crippen molar-refractivity contribution in [2.45, 2.75) is 6.54 Å². The summed E-state index contributed by atoms with van der Waals surface area (Å²) in [6.07, 6.45) is 1.70. The van der Waals surface area contributed by atoms with Gasteiger partial charge < -0.3 is 19.6 Å². The van der Waals surface area contributed by atoms with Gasteiger partial charge in [0.25, 0.3) is 0 Å². The highest BCUT2D eigenvalue weighted by Gasteiger charge is 2.02. The minimum absolute atomic E-state index is 0.224. The zero-order chi connectivity index (χ0) is 11.9. The Morgan fingerprint density at radius 3 is 2.59 bits per heavy atom. The normalized spacial score (nSPS) is 10.2. The van der Waals surface area contributed by atoms with Crippen molar-refractivity contribution in [2.75, 3.05) is 13.2 Å². The third kappa shape index (κ3) is 3.49. The molecular formula is C12H14N2O3. The number of ether oxygens (including phenoxy) is 2. The van der Waals surface area contributed by atoms with E-state index in [4.69, 9.17) is 19.6 Å². The van der Waals surface area contributed by atoms with E-state index in [1.54, 1.807) is 0 Å². The number of oxazole rings is 1. The summed E-state index contributed by atoms with van der Waals surface area (Å²) < 4.78 is 15.7. The Balaban J connectivity index is 1.69. The van der Waals surface area contributed by atoms with E-state index in [-0.39, 0.29) is 6.08 Å². The summed E-state index contributed by atoms with van der Waals surface area (Å²) in [5.74, 6) is 0.811. The number of benzene rings is 1. The summed E-state index contributed by atoms with van der Waals surface area (Å²) in [7, 11) is 0. The van der Waals surface area contributed by atoms with Gasteiger partial charge in [0.2, 0.25) is 0 Å². The summed E-state index contributed by atoms with van der Waals surface area (Å²) in [5.41, 5.74) is 6.06. The third-order valence-electron chi connectivity index (χ3n) is 2.06. The maximum Gasteiger partial charge on any atom is 0.393 e. The van der Waals surface area contributed by atoms with Gasteiger partial charge in [-0.3, -0.25) is 0 Å². The second-order valence-electron chi connectivity index (χ2n) is 3.32. The van der Waals surface area contributed by atoms with E-state index in [1.807, 2.05) is 30.3 Å². The first-order chi connectivity index (χ1) is 8.38. The summed E-state index contributed by atoms with van der Waals surface area (Å²) in [6, 6.07) is 9.54. The van der Waals surface area contributed by atoms with Crippen LogP contribution in [0.2, 0.25) is 0 Å². The Morgan fingerprint density at radius 2 is 1.88 bits per heavy atom.